The molecule has 1 aromatic heterocycles. The van der Waals surface area contributed by atoms with E-state index < -0.39 is 12.0 Å². The highest BCUT2D eigenvalue weighted by atomic mass is 16.5. The Morgan fingerprint density at radius 3 is 2.68 bits per heavy atom. The number of esters is 1. The molecule has 6 heteroatoms. The standard InChI is InChI=1S/C16H24N2O4/c1-6-22-8-7-13-10-12(4)15(19)18(17-13)14(9-11(2)3)16(20)21-5/h7-8,10-11,14H,6,9H2,1-5H3/b8-7+. The molecule has 0 aliphatic carbocycles. The van der Waals surface area contributed by atoms with Crippen LogP contribution in [-0.2, 0) is 14.3 Å². The van der Waals surface area contributed by atoms with Crippen molar-refractivity contribution in [2.24, 2.45) is 5.92 Å². The lowest BCUT2D eigenvalue weighted by molar-refractivity contribution is -0.145. The molecule has 1 unspecified atom stereocenters. The van der Waals surface area contributed by atoms with Gasteiger partial charge < -0.3 is 9.47 Å². The number of ether oxygens (including phenoxy) is 2. The van der Waals surface area contributed by atoms with E-state index in [1.165, 1.54) is 18.1 Å². The maximum Gasteiger partial charge on any atom is 0.330 e. The second kappa shape index (κ2) is 8.36. The van der Waals surface area contributed by atoms with Gasteiger partial charge in [0.25, 0.3) is 5.56 Å². The minimum absolute atomic E-state index is 0.223. The number of nitrogens with zero attached hydrogens (tertiary/aromatic N) is 2. The van der Waals surface area contributed by atoms with E-state index in [0.29, 0.717) is 24.3 Å². The highest BCUT2D eigenvalue weighted by molar-refractivity contribution is 5.74. The van der Waals surface area contributed by atoms with Crippen molar-refractivity contribution in [1.82, 2.24) is 9.78 Å². The molecule has 22 heavy (non-hydrogen) atoms. The Bertz CT molecular complexity index is 590. The van der Waals surface area contributed by atoms with E-state index in [2.05, 4.69) is 5.10 Å². The van der Waals surface area contributed by atoms with Crippen LogP contribution in [0.4, 0.5) is 0 Å². The second-order valence-corrected chi connectivity index (χ2v) is 5.43. The Hall–Kier alpha value is -2.11. The van der Waals surface area contributed by atoms with Crippen molar-refractivity contribution in [3.8, 4) is 0 Å². The molecule has 0 aliphatic rings. The van der Waals surface area contributed by atoms with Gasteiger partial charge >= 0.3 is 5.97 Å². The van der Waals surface area contributed by atoms with Crippen LogP contribution in [-0.4, -0.2) is 29.5 Å². The van der Waals surface area contributed by atoms with Gasteiger partial charge in [0, 0.05) is 11.6 Å². The number of carbonyl (C=O) groups is 1. The Kier molecular flexibility index (Phi) is 6.82. The molecule has 1 heterocycles. The average molecular weight is 308 g/mol. The van der Waals surface area contributed by atoms with Gasteiger partial charge in [0.15, 0.2) is 6.04 Å². The van der Waals surface area contributed by atoms with E-state index in [1.54, 1.807) is 19.1 Å². The predicted octanol–water partition coefficient (Wildman–Crippen LogP) is 2.32. The van der Waals surface area contributed by atoms with Gasteiger partial charge in [-0.25, -0.2) is 9.48 Å². The van der Waals surface area contributed by atoms with Crippen LogP contribution in [0.15, 0.2) is 17.1 Å². The lowest BCUT2D eigenvalue weighted by Crippen LogP contribution is -2.35. The molecule has 0 saturated heterocycles. The first kappa shape index (κ1) is 17.9. The number of methoxy groups -OCH3 is 1. The van der Waals surface area contributed by atoms with E-state index in [9.17, 15) is 9.59 Å². The molecule has 0 bridgehead atoms. The summed E-state index contributed by atoms with van der Waals surface area (Å²) >= 11 is 0. The van der Waals surface area contributed by atoms with Crippen molar-refractivity contribution in [2.75, 3.05) is 13.7 Å². The highest BCUT2D eigenvalue weighted by Gasteiger charge is 2.25. The van der Waals surface area contributed by atoms with Gasteiger partial charge in [0.2, 0.25) is 0 Å². The molecule has 0 aliphatic heterocycles. The van der Waals surface area contributed by atoms with Gasteiger partial charge in [-0.15, -0.1) is 0 Å². The van der Waals surface area contributed by atoms with Crippen LogP contribution >= 0.6 is 0 Å². The van der Waals surface area contributed by atoms with Crippen molar-refractivity contribution < 1.29 is 14.3 Å². The van der Waals surface area contributed by atoms with Gasteiger partial charge in [0.1, 0.15) is 0 Å². The Morgan fingerprint density at radius 1 is 1.45 bits per heavy atom. The van der Waals surface area contributed by atoms with Crippen LogP contribution in [0.2, 0.25) is 0 Å². The fourth-order valence-electron chi connectivity index (χ4n) is 2.05. The monoisotopic (exact) mass is 308 g/mol. The van der Waals surface area contributed by atoms with Crippen molar-refractivity contribution in [1.29, 1.82) is 0 Å². The molecule has 122 valence electrons. The lowest BCUT2D eigenvalue weighted by Gasteiger charge is -2.19. The molecular weight excluding hydrogens is 284 g/mol. The number of carbonyl (C=O) groups excluding carboxylic acids is 1. The summed E-state index contributed by atoms with van der Waals surface area (Å²) in [6.45, 7) is 8.08. The molecule has 0 fully saturated rings. The van der Waals surface area contributed by atoms with Gasteiger partial charge in [-0.05, 0) is 32.3 Å². The maximum atomic E-state index is 12.3. The molecule has 0 amide bonds. The van der Waals surface area contributed by atoms with E-state index >= 15 is 0 Å². The fraction of sp³-hybridized carbons (Fsp3) is 0.562. The first-order valence-corrected chi connectivity index (χ1v) is 7.37. The summed E-state index contributed by atoms with van der Waals surface area (Å²) < 4.78 is 11.2. The van der Waals surface area contributed by atoms with Crippen LogP contribution in [0.1, 0.15) is 44.5 Å². The Labute approximate surface area is 130 Å². The quantitative estimate of drug-likeness (QED) is 0.571. The fourth-order valence-corrected chi connectivity index (χ4v) is 2.05. The van der Waals surface area contributed by atoms with Crippen LogP contribution in [0.5, 0.6) is 0 Å². The first-order valence-electron chi connectivity index (χ1n) is 7.37. The summed E-state index contributed by atoms with van der Waals surface area (Å²) in [5.41, 5.74) is 0.789. The molecule has 0 aromatic carbocycles. The van der Waals surface area contributed by atoms with Crippen LogP contribution in [0, 0.1) is 12.8 Å². The smallest absolute Gasteiger partial charge is 0.330 e. The zero-order chi connectivity index (χ0) is 16.7. The molecular formula is C16H24N2O4. The second-order valence-electron chi connectivity index (χ2n) is 5.43. The Balaban J connectivity index is 3.29. The molecule has 0 spiro atoms. The largest absolute Gasteiger partial charge is 0.501 e. The van der Waals surface area contributed by atoms with Crippen LogP contribution in [0.3, 0.4) is 0 Å². The zero-order valence-electron chi connectivity index (χ0n) is 13.8. The highest BCUT2D eigenvalue weighted by Crippen LogP contribution is 2.17. The Morgan fingerprint density at radius 2 is 2.14 bits per heavy atom. The molecule has 6 nitrogen and oxygen atoms in total. The van der Waals surface area contributed by atoms with Crippen molar-refractivity contribution in [3.05, 3.63) is 33.9 Å². The summed E-state index contributed by atoms with van der Waals surface area (Å²) in [6.07, 6.45) is 3.67. The van der Waals surface area contributed by atoms with E-state index in [0.717, 1.165) is 0 Å². The summed E-state index contributed by atoms with van der Waals surface area (Å²) in [4.78, 5) is 24.4. The van der Waals surface area contributed by atoms with Gasteiger partial charge in [0.05, 0.1) is 25.7 Å². The summed E-state index contributed by atoms with van der Waals surface area (Å²) in [5, 5.41) is 4.26. The molecule has 1 atom stereocenters. The van der Waals surface area contributed by atoms with Crippen molar-refractivity contribution in [2.45, 2.75) is 40.2 Å². The third-order valence-corrected chi connectivity index (χ3v) is 3.10. The minimum atomic E-state index is -0.725. The summed E-state index contributed by atoms with van der Waals surface area (Å²) in [6, 6.07) is 0.939. The number of hydrogen-bond donors (Lipinski definition) is 0. The van der Waals surface area contributed by atoms with E-state index in [4.69, 9.17) is 9.47 Å². The van der Waals surface area contributed by atoms with Crippen LogP contribution in [0.25, 0.3) is 6.08 Å². The van der Waals surface area contributed by atoms with Crippen molar-refractivity contribution >= 4 is 12.0 Å². The molecule has 1 aromatic rings. The maximum absolute atomic E-state index is 12.3. The minimum Gasteiger partial charge on any atom is -0.501 e. The van der Waals surface area contributed by atoms with E-state index in [-0.39, 0.29) is 11.5 Å². The average Bonchev–Trinajstić information content (AvgIpc) is 2.47. The third kappa shape index (κ3) is 4.72. The number of aryl methyl sites for hydroxylation is 1. The topological polar surface area (TPSA) is 70.4 Å². The zero-order valence-corrected chi connectivity index (χ0v) is 13.8. The SMILES string of the molecule is CCO/C=C/c1cc(C)c(=O)n(C(CC(C)C)C(=O)OC)n1. The summed E-state index contributed by atoms with van der Waals surface area (Å²) in [5.74, 6) is -0.241. The number of rotatable bonds is 7. The lowest BCUT2D eigenvalue weighted by atomic mass is 10.0. The first-order chi connectivity index (χ1) is 10.4. The third-order valence-electron chi connectivity index (χ3n) is 3.10. The van der Waals surface area contributed by atoms with Crippen molar-refractivity contribution in [3.63, 3.8) is 0 Å². The summed E-state index contributed by atoms with van der Waals surface area (Å²) in [7, 11) is 1.31. The van der Waals surface area contributed by atoms with Gasteiger partial charge in [-0.3, -0.25) is 4.79 Å². The van der Waals surface area contributed by atoms with Gasteiger partial charge in [-0.2, -0.15) is 5.10 Å². The molecule has 0 N–H and O–H groups in total. The number of aromatic nitrogens is 2. The molecule has 0 saturated carbocycles. The number of hydrogen-bond acceptors (Lipinski definition) is 5. The molecule has 1 rings (SSSR count). The van der Waals surface area contributed by atoms with E-state index in [1.807, 2.05) is 20.8 Å². The molecule has 0 radical (unpaired) electrons. The normalized spacial score (nSPS) is 12.6. The van der Waals surface area contributed by atoms with Gasteiger partial charge in [-0.1, -0.05) is 13.8 Å². The van der Waals surface area contributed by atoms with Crippen LogP contribution < -0.4 is 5.56 Å². The predicted molar refractivity (Wildman–Crippen MR) is 84.4 cm³/mol.